The van der Waals surface area contributed by atoms with Gasteiger partial charge in [0.1, 0.15) is 6.54 Å². The lowest BCUT2D eigenvalue weighted by Gasteiger charge is -2.29. The fourth-order valence-electron chi connectivity index (χ4n) is 3.06. The number of hydrogen-bond donors (Lipinski definition) is 2. The van der Waals surface area contributed by atoms with Gasteiger partial charge in [-0.1, -0.05) is 12.1 Å². The van der Waals surface area contributed by atoms with E-state index in [1.807, 2.05) is 0 Å². The molecule has 2 aliphatic rings. The average molecular weight is 338 g/mol. The van der Waals surface area contributed by atoms with Crippen molar-refractivity contribution in [3.63, 3.8) is 0 Å². The number of carbonyl (C=O) groups excluding carboxylic acids is 3. The zero-order valence-electron chi connectivity index (χ0n) is 12.9. The van der Waals surface area contributed by atoms with Crippen molar-refractivity contribution in [2.45, 2.75) is 31.8 Å². The number of imide groups is 1. The maximum Gasteiger partial charge on any atom is 0.262 e. The second-order valence-corrected chi connectivity index (χ2v) is 5.89. The highest BCUT2D eigenvalue weighted by Crippen LogP contribution is 2.22. The van der Waals surface area contributed by atoms with Crippen LogP contribution in [0.1, 0.15) is 40.5 Å². The molecule has 7 heteroatoms. The van der Waals surface area contributed by atoms with Crippen LogP contribution < -0.4 is 10.6 Å². The van der Waals surface area contributed by atoms with Crippen LogP contribution in [0.2, 0.25) is 0 Å². The predicted octanol–water partition coefficient (Wildman–Crippen LogP) is 0.961. The molecule has 0 saturated carbocycles. The molecule has 2 atom stereocenters. The minimum atomic E-state index is -0.394. The van der Waals surface area contributed by atoms with E-state index in [0.29, 0.717) is 17.2 Å². The Hall–Kier alpha value is -1.92. The van der Waals surface area contributed by atoms with Gasteiger partial charge in [-0.2, -0.15) is 0 Å². The second-order valence-electron chi connectivity index (χ2n) is 5.89. The van der Waals surface area contributed by atoms with Crippen LogP contribution in [-0.4, -0.2) is 47.8 Å². The molecule has 0 aromatic heterocycles. The van der Waals surface area contributed by atoms with Crippen molar-refractivity contribution < 1.29 is 14.4 Å². The highest BCUT2D eigenvalue weighted by Gasteiger charge is 2.36. The third-order valence-corrected chi connectivity index (χ3v) is 4.17. The maximum absolute atomic E-state index is 12.2. The fraction of sp³-hybridized carbons (Fsp3) is 0.438. The van der Waals surface area contributed by atoms with Crippen molar-refractivity contribution in [1.82, 2.24) is 15.5 Å². The van der Waals surface area contributed by atoms with E-state index in [9.17, 15) is 14.4 Å². The Morgan fingerprint density at radius 1 is 1.26 bits per heavy atom. The number of amides is 3. The summed E-state index contributed by atoms with van der Waals surface area (Å²) >= 11 is 0. The first kappa shape index (κ1) is 17.4. The number of rotatable bonds is 3. The number of hydrogen-bond acceptors (Lipinski definition) is 4. The SMILES string of the molecule is CC1CC(NC(=O)CN2C(=O)c3ccccc3C2=O)CCN1.Cl. The van der Waals surface area contributed by atoms with Crippen LogP contribution in [0.15, 0.2) is 24.3 Å². The summed E-state index contributed by atoms with van der Waals surface area (Å²) in [5, 5.41) is 6.23. The van der Waals surface area contributed by atoms with Crippen LogP contribution in [0.5, 0.6) is 0 Å². The van der Waals surface area contributed by atoms with E-state index < -0.39 is 11.8 Å². The Kier molecular flexibility index (Phi) is 5.38. The molecule has 0 aliphatic carbocycles. The maximum atomic E-state index is 12.2. The Labute approximate surface area is 141 Å². The number of piperidine rings is 1. The summed E-state index contributed by atoms with van der Waals surface area (Å²) in [6.45, 7) is 2.71. The fourth-order valence-corrected chi connectivity index (χ4v) is 3.06. The van der Waals surface area contributed by atoms with Crippen LogP contribution in [-0.2, 0) is 4.79 Å². The number of carbonyl (C=O) groups is 3. The molecule has 2 N–H and O–H groups in total. The van der Waals surface area contributed by atoms with Crippen LogP contribution in [0, 0.1) is 0 Å². The largest absolute Gasteiger partial charge is 0.352 e. The molecule has 23 heavy (non-hydrogen) atoms. The molecule has 0 bridgehead atoms. The molecule has 6 nitrogen and oxygen atoms in total. The van der Waals surface area contributed by atoms with Crippen LogP contribution in [0.3, 0.4) is 0 Å². The molecule has 1 fully saturated rings. The lowest BCUT2D eigenvalue weighted by molar-refractivity contribution is -0.122. The first-order valence-corrected chi connectivity index (χ1v) is 7.54. The Morgan fingerprint density at radius 2 is 1.87 bits per heavy atom. The van der Waals surface area contributed by atoms with Gasteiger partial charge in [-0.25, -0.2) is 0 Å². The first-order valence-electron chi connectivity index (χ1n) is 7.54. The van der Waals surface area contributed by atoms with Gasteiger partial charge in [0.25, 0.3) is 11.8 Å². The Morgan fingerprint density at radius 3 is 2.43 bits per heavy atom. The van der Waals surface area contributed by atoms with Crippen LogP contribution >= 0.6 is 12.4 Å². The van der Waals surface area contributed by atoms with E-state index in [2.05, 4.69) is 17.6 Å². The van der Waals surface area contributed by atoms with Crippen molar-refractivity contribution in [1.29, 1.82) is 0 Å². The molecule has 1 aromatic carbocycles. The van der Waals surface area contributed by atoms with Gasteiger partial charge in [0.2, 0.25) is 5.91 Å². The van der Waals surface area contributed by atoms with Crippen molar-refractivity contribution in [3.8, 4) is 0 Å². The third kappa shape index (κ3) is 3.54. The van der Waals surface area contributed by atoms with E-state index in [1.54, 1.807) is 24.3 Å². The zero-order chi connectivity index (χ0) is 15.7. The highest BCUT2D eigenvalue weighted by molar-refractivity contribution is 6.22. The molecule has 124 valence electrons. The number of benzene rings is 1. The van der Waals surface area contributed by atoms with Gasteiger partial charge in [0.15, 0.2) is 0 Å². The van der Waals surface area contributed by atoms with Crippen molar-refractivity contribution in [2.75, 3.05) is 13.1 Å². The quantitative estimate of drug-likeness (QED) is 0.805. The molecule has 0 spiro atoms. The van der Waals surface area contributed by atoms with Crippen LogP contribution in [0.4, 0.5) is 0 Å². The second kappa shape index (κ2) is 7.10. The lowest BCUT2D eigenvalue weighted by atomic mass is 10.0. The molecule has 2 heterocycles. The molecule has 0 radical (unpaired) electrons. The van der Waals surface area contributed by atoms with Gasteiger partial charge in [-0.05, 0) is 38.4 Å². The van der Waals surface area contributed by atoms with E-state index in [1.165, 1.54) is 0 Å². The summed E-state index contributed by atoms with van der Waals surface area (Å²) < 4.78 is 0. The highest BCUT2D eigenvalue weighted by atomic mass is 35.5. The normalized spacial score (nSPS) is 23.3. The molecule has 3 amide bonds. The van der Waals surface area contributed by atoms with E-state index >= 15 is 0 Å². The minimum absolute atomic E-state index is 0. The van der Waals surface area contributed by atoms with Gasteiger partial charge in [0, 0.05) is 12.1 Å². The Balaban J connectivity index is 0.00000192. The van der Waals surface area contributed by atoms with E-state index in [4.69, 9.17) is 0 Å². The van der Waals surface area contributed by atoms with Crippen molar-refractivity contribution >= 4 is 30.1 Å². The van der Waals surface area contributed by atoms with Crippen molar-refractivity contribution in [3.05, 3.63) is 35.4 Å². The molecule has 2 unspecified atom stereocenters. The Bertz CT molecular complexity index is 600. The van der Waals surface area contributed by atoms with Gasteiger partial charge in [0.05, 0.1) is 11.1 Å². The summed E-state index contributed by atoms with van der Waals surface area (Å²) in [5.74, 6) is -1.07. The van der Waals surface area contributed by atoms with Crippen molar-refractivity contribution in [2.24, 2.45) is 0 Å². The summed E-state index contributed by atoms with van der Waals surface area (Å²) in [6.07, 6.45) is 1.71. The number of nitrogens with one attached hydrogen (secondary N) is 2. The van der Waals surface area contributed by atoms with E-state index in [0.717, 1.165) is 24.3 Å². The third-order valence-electron chi connectivity index (χ3n) is 4.17. The number of halogens is 1. The van der Waals surface area contributed by atoms with Gasteiger partial charge < -0.3 is 10.6 Å². The molecule has 2 aliphatic heterocycles. The molecular weight excluding hydrogens is 318 g/mol. The summed E-state index contributed by atoms with van der Waals surface area (Å²) in [6, 6.07) is 7.11. The first-order chi connectivity index (χ1) is 10.6. The molecule has 1 aromatic rings. The van der Waals surface area contributed by atoms with E-state index in [-0.39, 0.29) is 30.9 Å². The number of nitrogens with zero attached hydrogens (tertiary/aromatic N) is 1. The monoisotopic (exact) mass is 337 g/mol. The number of fused-ring (bicyclic) bond motifs is 1. The molecule has 3 rings (SSSR count). The topological polar surface area (TPSA) is 78.5 Å². The minimum Gasteiger partial charge on any atom is -0.352 e. The smallest absolute Gasteiger partial charge is 0.262 e. The predicted molar refractivity (Wildman–Crippen MR) is 87.7 cm³/mol. The standard InChI is InChI=1S/C16H19N3O3.ClH/c1-10-8-11(6-7-17-10)18-14(20)9-19-15(21)12-4-2-3-5-13(12)16(19)22;/h2-5,10-11,17H,6-9H2,1H3,(H,18,20);1H. The van der Waals surface area contributed by atoms with Gasteiger partial charge in [-0.15, -0.1) is 12.4 Å². The summed E-state index contributed by atoms with van der Waals surface area (Å²) in [4.78, 5) is 37.6. The summed E-state index contributed by atoms with van der Waals surface area (Å²) in [5.41, 5.74) is 0.742. The summed E-state index contributed by atoms with van der Waals surface area (Å²) in [7, 11) is 0. The van der Waals surface area contributed by atoms with Gasteiger partial charge >= 0.3 is 0 Å². The molecular formula is C16H20ClN3O3. The zero-order valence-corrected chi connectivity index (χ0v) is 13.7. The van der Waals surface area contributed by atoms with Crippen LogP contribution in [0.25, 0.3) is 0 Å². The molecule has 1 saturated heterocycles. The van der Waals surface area contributed by atoms with Gasteiger partial charge in [-0.3, -0.25) is 19.3 Å². The average Bonchev–Trinajstić information content (AvgIpc) is 2.73. The lowest BCUT2D eigenvalue weighted by Crippen LogP contribution is -2.49.